The lowest BCUT2D eigenvalue weighted by atomic mass is 10.1. The number of nitrogens with zero attached hydrogens (tertiary/aromatic N) is 3. The highest BCUT2D eigenvalue weighted by Gasteiger charge is 2.20. The number of hydrogen-bond donors (Lipinski definition) is 1. The third kappa shape index (κ3) is 4.18. The normalized spacial score (nSPS) is 15.2. The van der Waals surface area contributed by atoms with Gasteiger partial charge in [0, 0.05) is 13.0 Å². The van der Waals surface area contributed by atoms with Gasteiger partial charge in [-0.05, 0) is 45.2 Å². The molecule has 1 aromatic carbocycles. The van der Waals surface area contributed by atoms with Gasteiger partial charge < -0.3 is 14.6 Å². The van der Waals surface area contributed by atoms with Crippen LogP contribution in [0.5, 0.6) is 5.75 Å². The molecule has 0 fully saturated rings. The molecule has 0 saturated carbocycles. The minimum Gasteiger partial charge on any atom is -0.484 e. The van der Waals surface area contributed by atoms with E-state index in [1.54, 1.807) is 0 Å². The number of hydrogen-bond acceptors (Lipinski definition) is 4. The molecule has 0 aliphatic carbocycles. The zero-order valence-corrected chi connectivity index (χ0v) is 15.2. The molecule has 3 rings (SSSR count). The first-order chi connectivity index (χ1) is 12.0. The van der Waals surface area contributed by atoms with E-state index < -0.39 is 0 Å². The number of aryl methyl sites for hydroxylation is 3. The SMILES string of the molecule is Cc1ccc(OCC(=O)N[C@H](C)c2nnc3n2CCCCC3)c(C)c1. The van der Waals surface area contributed by atoms with E-state index in [4.69, 9.17) is 4.74 Å². The van der Waals surface area contributed by atoms with E-state index in [1.165, 1.54) is 12.0 Å². The van der Waals surface area contributed by atoms with Gasteiger partial charge in [0.25, 0.3) is 5.91 Å². The Morgan fingerprint density at radius 1 is 1.28 bits per heavy atom. The fourth-order valence-corrected chi connectivity index (χ4v) is 3.28. The number of amides is 1. The zero-order chi connectivity index (χ0) is 17.8. The summed E-state index contributed by atoms with van der Waals surface area (Å²) in [6.45, 7) is 6.88. The van der Waals surface area contributed by atoms with Gasteiger partial charge in [0.2, 0.25) is 0 Å². The summed E-state index contributed by atoms with van der Waals surface area (Å²) in [4.78, 5) is 12.2. The molecule has 134 valence electrons. The van der Waals surface area contributed by atoms with Crippen molar-refractivity contribution in [2.75, 3.05) is 6.61 Å². The lowest BCUT2D eigenvalue weighted by Crippen LogP contribution is -2.32. The molecule has 1 atom stereocenters. The maximum Gasteiger partial charge on any atom is 0.258 e. The first-order valence-corrected chi connectivity index (χ1v) is 8.96. The average Bonchev–Trinajstić information content (AvgIpc) is 2.83. The largest absolute Gasteiger partial charge is 0.484 e. The van der Waals surface area contributed by atoms with E-state index >= 15 is 0 Å². The Morgan fingerprint density at radius 3 is 2.92 bits per heavy atom. The summed E-state index contributed by atoms with van der Waals surface area (Å²) >= 11 is 0. The number of carbonyl (C=O) groups excluding carboxylic acids is 1. The molecule has 0 unspecified atom stereocenters. The number of fused-ring (bicyclic) bond motifs is 1. The monoisotopic (exact) mass is 342 g/mol. The van der Waals surface area contributed by atoms with Crippen molar-refractivity contribution >= 4 is 5.91 Å². The second-order valence-electron chi connectivity index (χ2n) is 6.78. The average molecular weight is 342 g/mol. The molecule has 0 bridgehead atoms. The third-order valence-electron chi connectivity index (χ3n) is 4.59. The number of aromatic nitrogens is 3. The highest BCUT2D eigenvalue weighted by molar-refractivity contribution is 5.77. The second kappa shape index (κ2) is 7.68. The van der Waals surface area contributed by atoms with Crippen LogP contribution in [0.1, 0.15) is 55.0 Å². The summed E-state index contributed by atoms with van der Waals surface area (Å²) in [5.74, 6) is 2.44. The highest BCUT2D eigenvalue weighted by Crippen LogP contribution is 2.20. The van der Waals surface area contributed by atoms with E-state index in [-0.39, 0.29) is 18.6 Å². The van der Waals surface area contributed by atoms with E-state index in [2.05, 4.69) is 20.1 Å². The Balaban J connectivity index is 1.58. The molecule has 1 amide bonds. The number of rotatable bonds is 5. The predicted octanol–water partition coefficient (Wildman–Crippen LogP) is 2.88. The van der Waals surface area contributed by atoms with Crippen LogP contribution in [0.25, 0.3) is 0 Å². The van der Waals surface area contributed by atoms with Gasteiger partial charge >= 0.3 is 0 Å². The molecule has 1 N–H and O–H groups in total. The van der Waals surface area contributed by atoms with Crippen molar-refractivity contribution < 1.29 is 9.53 Å². The highest BCUT2D eigenvalue weighted by atomic mass is 16.5. The van der Waals surface area contributed by atoms with Crippen LogP contribution < -0.4 is 10.1 Å². The first kappa shape index (κ1) is 17.5. The van der Waals surface area contributed by atoms with E-state index in [0.29, 0.717) is 0 Å². The Kier molecular flexibility index (Phi) is 5.36. The lowest BCUT2D eigenvalue weighted by Gasteiger charge is -2.16. The van der Waals surface area contributed by atoms with Crippen LogP contribution in [0.15, 0.2) is 18.2 Å². The number of nitrogens with one attached hydrogen (secondary N) is 1. The smallest absolute Gasteiger partial charge is 0.258 e. The molecule has 25 heavy (non-hydrogen) atoms. The van der Waals surface area contributed by atoms with Gasteiger partial charge in [0.05, 0.1) is 6.04 Å². The maximum atomic E-state index is 12.2. The second-order valence-corrected chi connectivity index (χ2v) is 6.78. The Morgan fingerprint density at radius 2 is 2.12 bits per heavy atom. The fraction of sp³-hybridized carbons (Fsp3) is 0.526. The summed E-state index contributed by atoms with van der Waals surface area (Å²) in [5.41, 5.74) is 2.21. The summed E-state index contributed by atoms with van der Waals surface area (Å²) in [6.07, 6.45) is 4.47. The number of ether oxygens (including phenoxy) is 1. The van der Waals surface area contributed by atoms with Crippen molar-refractivity contribution in [2.45, 2.75) is 59.0 Å². The van der Waals surface area contributed by atoms with Crippen molar-refractivity contribution in [3.63, 3.8) is 0 Å². The molecule has 1 aromatic heterocycles. The molecular weight excluding hydrogens is 316 g/mol. The van der Waals surface area contributed by atoms with Crippen LogP contribution in [-0.4, -0.2) is 27.3 Å². The van der Waals surface area contributed by atoms with Gasteiger partial charge in [-0.3, -0.25) is 4.79 Å². The van der Waals surface area contributed by atoms with Gasteiger partial charge in [-0.25, -0.2) is 0 Å². The molecule has 1 aliphatic rings. The minimum absolute atomic E-state index is 0.00473. The van der Waals surface area contributed by atoms with E-state index in [9.17, 15) is 4.79 Å². The number of benzene rings is 1. The van der Waals surface area contributed by atoms with Crippen LogP contribution in [0.3, 0.4) is 0 Å². The van der Waals surface area contributed by atoms with Gasteiger partial charge in [-0.1, -0.05) is 24.1 Å². The van der Waals surface area contributed by atoms with Crippen LogP contribution in [-0.2, 0) is 17.8 Å². The van der Waals surface area contributed by atoms with Crippen LogP contribution in [0.2, 0.25) is 0 Å². The molecule has 6 nitrogen and oxygen atoms in total. The van der Waals surface area contributed by atoms with Gasteiger partial charge in [-0.2, -0.15) is 0 Å². The number of carbonyl (C=O) groups is 1. The Hall–Kier alpha value is -2.37. The summed E-state index contributed by atoms with van der Waals surface area (Å²) in [6, 6.07) is 5.74. The van der Waals surface area contributed by atoms with Crippen LogP contribution >= 0.6 is 0 Å². The van der Waals surface area contributed by atoms with Crippen molar-refractivity contribution in [2.24, 2.45) is 0 Å². The molecule has 0 radical (unpaired) electrons. The Bertz CT molecular complexity index is 754. The molecule has 1 aliphatic heterocycles. The van der Waals surface area contributed by atoms with Crippen molar-refractivity contribution in [3.8, 4) is 5.75 Å². The molecule has 0 saturated heterocycles. The molecule has 2 heterocycles. The van der Waals surface area contributed by atoms with Gasteiger partial charge in [-0.15, -0.1) is 10.2 Å². The molecule has 2 aromatic rings. The standard InChI is InChI=1S/C19H26N4O2/c1-13-8-9-16(14(2)11-13)25-12-18(24)20-15(3)19-22-21-17-7-5-4-6-10-23(17)19/h8-9,11,15H,4-7,10,12H2,1-3H3,(H,20,24)/t15-/m1/s1. The first-order valence-electron chi connectivity index (χ1n) is 8.96. The summed E-state index contributed by atoms with van der Waals surface area (Å²) in [5, 5.41) is 11.5. The topological polar surface area (TPSA) is 69.0 Å². The predicted molar refractivity (Wildman–Crippen MR) is 95.5 cm³/mol. The summed E-state index contributed by atoms with van der Waals surface area (Å²) < 4.78 is 7.81. The van der Waals surface area contributed by atoms with Crippen molar-refractivity contribution in [1.82, 2.24) is 20.1 Å². The van der Waals surface area contributed by atoms with Crippen molar-refractivity contribution in [3.05, 3.63) is 41.0 Å². The van der Waals surface area contributed by atoms with Gasteiger partial charge in [0.15, 0.2) is 12.4 Å². The fourth-order valence-electron chi connectivity index (χ4n) is 3.28. The quantitative estimate of drug-likeness (QED) is 0.907. The maximum absolute atomic E-state index is 12.2. The van der Waals surface area contributed by atoms with Gasteiger partial charge in [0.1, 0.15) is 11.6 Å². The van der Waals surface area contributed by atoms with Crippen LogP contribution in [0.4, 0.5) is 0 Å². The lowest BCUT2D eigenvalue weighted by molar-refractivity contribution is -0.123. The Labute approximate surface area is 148 Å². The third-order valence-corrected chi connectivity index (χ3v) is 4.59. The van der Waals surface area contributed by atoms with Crippen molar-refractivity contribution in [1.29, 1.82) is 0 Å². The molecule has 0 spiro atoms. The molecular formula is C19H26N4O2. The molecule has 6 heteroatoms. The van der Waals surface area contributed by atoms with E-state index in [1.807, 2.05) is 39.0 Å². The minimum atomic E-state index is -0.186. The zero-order valence-electron chi connectivity index (χ0n) is 15.2. The van der Waals surface area contributed by atoms with Crippen LogP contribution in [0, 0.1) is 13.8 Å². The summed E-state index contributed by atoms with van der Waals surface area (Å²) in [7, 11) is 0. The van der Waals surface area contributed by atoms with E-state index in [0.717, 1.165) is 48.8 Å².